The number of alkyl halides is 1. The van der Waals surface area contributed by atoms with Gasteiger partial charge in [0.2, 0.25) is 0 Å². The molecule has 17 heavy (non-hydrogen) atoms. The quantitative estimate of drug-likeness (QED) is 0.627. The molecule has 0 aliphatic heterocycles. The zero-order valence-electron chi connectivity index (χ0n) is 9.31. The fraction of sp³-hybridized carbons (Fsp3) is 0.417. The standard InChI is InChI=1S/C12H14BrClFNO/c13-10-8-9(4-5-11(10)15)12(17)16-7-3-1-2-6-14/h4-5,8H,1-3,6-7H2,(H,16,17). The van der Waals surface area contributed by atoms with Crippen LogP contribution in [0, 0.1) is 5.82 Å². The molecule has 1 rings (SSSR count). The van der Waals surface area contributed by atoms with Crippen LogP contribution in [0.2, 0.25) is 0 Å². The van der Waals surface area contributed by atoms with Gasteiger partial charge in [-0.05, 0) is 47.0 Å². The molecular weight excluding hydrogens is 308 g/mol. The molecule has 0 aromatic heterocycles. The van der Waals surface area contributed by atoms with Gasteiger partial charge in [-0.2, -0.15) is 0 Å². The summed E-state index contributed by atoms with van der Waals surface area (Å²) in [5, 5.41) is 2.78. The molecule has 0 saturated carbocycles. The summed E-state index contributed by atoms with van der Waals surface area (Å²) in [5.41, 5.74) is 0.454. The third-order valence-electron chi connectivity index (χ3n) is 2.28. The van der Waals surface area contributed by atoms with Crippen LogP contribution in [0.3, 0.4) is 0 Å². The first-order valence-electron chi connectivity index (χ1n) is 5.44. The van der Waals surface area contributed by atoms with Crippen LogP contribution < -0.4 is 5.32 Å². The van der Waals surface area contributed by atoms with Crippen LogP contribution in [0.4, 0.5) is 4.39 Å². The van der Waals surface area contributed by atoms with Gasteiger partial charge >= 0.3 is 0 Å². The van der Waals surface area contributed by atoms with Crippen molar-refractivity contribution < 1.29 is 9.18 Å². The predicted molar refractivity (Wildman–Crippen MR) is 71.0 cm³/mol. The third-order valence-corrected chi connectivity index (χ3v) is 3.15. The Labute approximate surface area is 114 Å². The van der Waals surface area contributed by atoms with Crippen molar-refractivity contribution in [2.75, 3.05) is 12.4 Å². The van der Waals surface area contributed by atoms with Crippen molar-refractivity contribution >= 4 is 33.4 Å². The Hall–Kier alpha value is -0.610. The zero-order chi connectivity index (χ0) is 12.7. The first-order chi connectivity index (χ1) is 8.15. The summed E-state index contributed by atoms with van der Waals surface area (Å²) in [5.74, 6) is 0.0963. The molecule has 2 nitrogen and oxygen atoms in total. The van der Waals surface area contributed by atoms with E-state index in [2.05, 4.69) is 21.2 Å². The largest absolute Gasteiger partial charge is 0.352 e. The second-order valence-electron chi connectivity index (χ2n) is 3.63. The van der Waals surface area contributed by atoms with Gasteiger partial charge in [0.25, 0.3) is 5.91 Å². The Kier molecular flexibility index (Phi) is 6.52. The van der Waals surface area contributed by atoms with Crippen LogP contribution in [0.25, 0.3) is 0 Å². The third kappa shape index (κ3) is 5.04. The summed E-state index contributed by atoms with van der Waals surface area (Å²) in [6.45, 7) is 0.616. The van der Waals surface area contributed by atoms with Gasteiger partial charge in [-0.25, -0.2) is 4.39 Å². The van der Waals surface area contributed by atoms with Gasteiger partial charge < -0.3 is 5.32 Å². The van der Waals surface area contributed by atoms with Crippen LogP contribution in [-0.4, -0.2) is 18.3 Å². The van der Waals surface area contributed by atoms with Crippen LogP contribution in [-0.2, 0) is 0 Å². The topological polar surface area (TPSA) is 29.1 Å². The van der Waals surface area contributed by atoms with E-state index in [0.29, 0.717) is 22.5 Å². The maximum Gasteiger partial charge on any atom is 0.251 e. The van der Waals surface area contributed by atoms with E-state index in [1.807, 2.05) is 0 Å². The normalized spacial score (nSPS) is 10.3. The average molecular weight is 323 g/mol. The molecule has 1 amide bonds. The summed E-state index contributed by atoms with van der Waals surface area (Å²) >= 11 is 8.59. The van der Waals surface area contributed by atoms with Gasteiger partial charge in [0.05, 0.1) is 4.47 Å². The summed E-state index contributed by atoms with van der Waals surface area (Å²) in [4.78, 5) is 11.7. The van der Waals surface area contributed by atoms with E-state index in [-0.39, 0.29) is 11.7 Å². The van der Waals surface area contributed by atoms with Crippen molar-refractivity contribution in [1.82, 2.24) is 5.32 Å². The van der Waals surface area contributed by atoms with Crippen LogP contribution in [0.5, 0.6) is 0 Å². The second kappa shape index (κ2) is 7.67. The van der Waals surface area contributed by atoms with Crippen molar-refractivity contribution in [3.8, 4) is 0 Å². The van der Waals surface area contributed by atoms with Gasteiger partial charge in [0.1, 0.15) is 5.82 Å². The molecule has 0 atom stereocenters. The molecular formula is C12H14BrClFNO. The first-order valence-corrected chi connectivity index (χ1v) is 6.77. The average Bonchev–Trinajstić information content (AvgIpc) is 2.32. The van der Waals surface area contributed by atoms with Crippen molar-refractivity contribution in [3.05, 3.63) is 34.1 Å². The van der Waals surface area contributed by atoms with Gasteiger partial charge in [-0.15, -0.1) is 11.6 Å². The highest BCUT2D eigenvalue weighted by atomic mass is 79.9. The highest BCUT2D eigenvalue weighted by Crippen LogP contribution is 2.16. The Morgan fingerprint density at radius 1 is 1.35 bits per heavy atom. The lowest BCUT2D eigenvalue weighted by atomic mass is 10.2. The molecule has 0 heterocycles. The molecule has 0 aliphatic carbocycles. The number of hydrogen-bond acceptors (Lipinski definition) is 1. The Morgan fingerprint density at radius 3 is 2.76 bits per heavy atom. The SMILES string of the molecule is O=C(NCCCCCCl)c1ccc(F)c(Br)c1. The van der Waals surface area contributed by atoms with Crippen molar-refractivity contribution in [1.29, 1.82) is 0 Å². The van der Waals surface area contributed by atoms with Crippen molar-refractivity contribution in [2.24, 2.45) is 0 Å². The highest BCUT2D eigenvalue weighted by molar-refractivity contribution is 9.10. The Bertz CT molecular complexity index is 387. The van der Waals surface area contributed by atoms with E-state index in [9.17, 15) is 9.18 Å². The fourth-order valence-corrected chi connectivity index (χ4v) is 1.91. The van der Waals surface area contributed by atoms with E-state index in [1.54, 1.807) is 0 Å². The van der Waals surface area contributed by atoms with Crippen molar-refractivity contribution in [3.63, 3.8) is 0 Å². The molecule has 5 heteroatoms. The van der Waals surface area contributed by atoms with Crippen LogP contribution in [0.15, 0.2) is 22.7 Å². The second-order valence-corrected chi connectivity index (χ2v) is 4.87. The lowest BCUT2D eigenvalue weighted by Gasteiger charge is -2.05. The zero-order valence-corrected chi connectivity index (χ0v) is 11.7. The molecule has 0 saturated heterocycles. The molecule has 0 fully saturated rings. The number of hydrogen-bond donors (Lipinski definition) is 1. The monoisotopic (exact) mass is 321 g/mol. The summed E-state index contributed by atoms with van der Waals surface area (Å²) in [6.07, 6.45) is 2.86. The number of carbonyl (C=O) groups is 1. The number of nitrogens with one attached hydrogen (secondary N) is 1. The number of benzene rings is 1. The molecule has 94 valence electrons. The lowest BCUT2D eigenvalue weighted by Crippen LogP contribution is -2.24. The molecule has 1 aromatic carbocycles. The predicted octanol–water partition coefficient (Wildman–Crippen LogP) is 3.73. The number of rotatable bonds is 6. The number of carbonyl (C=O) groups excluding carboxylic acids is 1. The fourth-order valence-electron chi connectivity index (χ4n) is 1.34. The maximum atomic E-state index is 13.0. The minimum absolute atomic E-state index is 0.184. The number of unbranched alkanes of at least 4 members (excludes halogenated alkanes) is 2. The van der Waals surface area contributed by atoms with E-state index < -0.39 is 0 Å². The van der Waals surface area contributed by atoms with Gasteiger partial charge in [0.15, 0.2) is 0 Å². The summed E-state index contributed by atoms with van der Waals surface area (Å²) in [7, 11) is 0. The van der Waals surface area contributed by atoms with E-state index in [4.69, 9.17) is 11.6 Å². The van der Waals surface area contributed by atoms with E-state index in [1.165, 1.54) is 18.2 Å². The van der Waals surface area contributed by atoms with Crippen LogP contribution >= 0.6 is 27.5 Å². The number of amides is 1. The summed E-state index contributed by atoms with van der Waals surface area (Å²) in [6, 6.07) is 4.21. The molecule has 1 N–H and O–H groups in total. The molecule has 1 aromatic rings. The van der Waals surface area contributed by atoms with Gasteiger partial charge in [-0.3, -0.25) is 4.79 Å². The van der Waals surface area contributed by atoms with Gasteiger partial charge in [-0.1, -0.05) is 6.42 Å². The lowest BCUT2D eigenvalue weighted by molar-refractivity contribution is 0.0953. The first kappa shape index (κ1) is 14.5. The maximum absolute atomic E-state index is 13.0. The highest BCUT2D eigenvalue weighted by Gasteiger charge is 2.07. The molecule has 0 bridgehead atoms. The molecule has 0 spiro atoms. The van der Waals surface area contributed by atoms with Crippen LogP contribution in [0.1, 0.15) is 29.6 Å². The minimum atomic E-state index is -0.372. The molecule has 0 unspecified atom stereocenters. The smallest absolute Gasteiger partial charge is 0.251 e. The van der Waals surface area contributed by atoms with Crippen molar-refractivity contribution in [2.45, 2.75) is 19.3 Å². The minimum Gasteiger partial charge on any atom is -0.352 e. The Balaban J connectivity index is 2.39. The van der Waals surface area contributed by atoms with E-state index in [0.717, 1.165) is 19.3 Å². The number of halogens is 3. The molecule has 0 aliphatic rings. The summed E-state index contributed by atoms with van der Waals surface area (Å²) < 4.78 is 13.3. The molecule has 0 radical (unpaired) electrons. The van der Waals surface area contributed by atoms with E-state index >= 15 is 0 Å². The van der Waals surface area contributed by atoms with Gasteiger partial charge in [0, 0.05) is 18.0 Å². The Morgan fingerprint density at radius 2 is 2.12 bits per heavy atom.